The smallest absolute Gasteiger partial charge is 0.135 e. The summed E-state index contributed by atoms with van der Waals surface area (Å²) in [5.74, 6) is 0. The Morgan fingerprint density at radius 2 is 1.47 bits per heavy atom. The monoisotopic (exact) mass is 215 g/mol. The molecule has 0 N–H and O–H groups in total. The Balaban J connectivity index is 2.80. The molecule has 1 unspecified atom stereocenters. The number of hydrogen-bond donors (Lipinski definition) is 0. The maximum absolute atomic E-state index is 5.79. The minimum Gasteiger partial charge on any atom is -0.375 e. The topological polar surface area (TPSA) is 21.7 Å². The molecule has 3 nitrogen and oxygen atoms in total. The largest absolute Gasteiger partial charge is 0.375 e. The van der Waals surface area contributed by atoms with Crippen LogP contribution in [-0.2, 0) is 9.47 Å². The molecule has 15 heavy (non-hydrogen) atoms. The van der Waals surface area contributed by atoms with E-state index in [0.29, 0.717) is 13.2 Å². The molecule has 1 aliphatic rings. The van der Waals surface area contributed by atoms with Gasteiger partial charge in [0.2, 0.25) is 0 Å². The minimum atomic E-state index is 0.0822. The summed E-state index contributed by atoms with van der Waals surface area (Å²) in [6.45, 7) is 15.4. The second kappa shape index (κ2) is 4.40. The molecule has 0 saturated carbocycles. The van der Waals surface area contributed by atoms with Gasteiger partial charge in [-0.3, -0.25) is 4.90 Å². The first-order valence-electron chi connectivity index (χ1n) is 5.72. The molecule has 0 aromatic carbocycles. The third-order valence-corrected chi connectivity index (χ3v) is 2.53. The van der Waals surface area contributed by atoms with Crippen LogP contribution in [-0.4, -0.2) is 42.0 Å². The summed E-state index contributed by atoms with van der Waals surface area (Å²) in [7, 11) is 0. The van der Waals surface area contributed by atoms with Gasteiger partial charge >= 0.3 is 0 Å². The predicted octanol–water partition coefficient (Wildman–Crippen LogP) is 2.26. The van der Waals surface area contributed by atoms with Crippen molar-refractivity contribution in [2.45, 2.75) is 58.8 Å². The van der Waals surface area contributed by atoms with E-state index >= 15 is 0 Å². The molecule has 0 spiro atoms. The molecular formula is C12H25NO2. The highest BCUT2D eigenvalue weighted by Gasteiger charge is 2.38. The summed E-state index contributed by atoms with van der Waals surface area (Å²) < 4.78 is 11.3. The molecule has 1 fully saturated rings. The SMILES string of the molecule is CC(C)(C)N(C1COCCO1)C(C)(C)C. The third kappa shape index (κ3) is 3.44. The van der Waals surface area contributed by atoms with Crippen LogP contribution in [0.1, 0.15) is 41.5 Å². The minimum absolute atomic E-state index is 0.0822. The first-order valence-corrected chi connectivity index (χ1v) is 5.72. The highest BCUT2D eigenvalue weighted by atomic mass is 16.6. The Hall–Kier alpha value is -0.120. The van der Waals surface area contributed by atoms with E-state index in [1.165, 1.54) is 0 Å². The van der Waals surface area contributed by atoms with Crippen molar-refractivity contribution in [3.05, 3.63) is 0 Å². The molecule has 1 heterocycles. The van der Waals surface area contributed by atoms with Gasteiger partial charge in [0.25, 0.3) is 0 Å². The lowest BCUT2D eigenvalue weighted by atomic mass is 9.95. The number of hydrogen-bond acceptors (Lipinski definition) is 3. The van der Waals surface area contributed by atoms with Gasteiger partial charge in [0.1, 0.15) is 6.23 Å². The second-order valence-electron chi connectivity index (χ2n) is 6.11. The van der Waals surface area contributed by atoms with E-state index in [1.807, 2.05) is 0 Å². The third-order valence-electron chi connectivity index (χ3n) is 2.53. The van der Waals surface area contributed by atoms with Crippen molar-refractivity contribution in [3.63, 3.8) is 0 Å². The molecule has 1 rings (SSSR count). The van der Waals surface area contributed by atoms with Crippen LogP contribution in [0.4, 0.5) is 0 Å². The summed E-state index contributed by atoms with van der Waals surface area (Å²) in [5, 5.41) is 0. The molecule has 3 heteroatoms. The van der Waals surface area contributed by atoms with Crippen LogP contribution in [0.5, 0.6) is 0 Å². The molecule has 0 aromatic heterocycles. The number of ether oxygens (including phenoxy) is 2. The van der Waals surface area contributed by atoms with Crippen LogP contribution >= 0.6 is 0 Å². The average Bonchev–Trinajstić information content (AvgIpc) is 2.00. The first kappa shape index (κ1) is 12.9. The van der Waals surface area contributed by atoms with Crippen molar-refractivity contribution in [2.24, 2.45) is 0 Å². The summed E-state index contributed by atoms with van der Waals surface area (Å²) >= 11 is 0. The van der Waals surface area contributed by atoms with Crippen molar-refractivity contribution >= 4 is 0 Å². The maximum Gasteiger partial charge on any atom is 0.135 e. The van der Waals surface area contributed by atoms with E-state index in [9.17, 15) is 0 Å². The van der Waals surface area contributed by atoms with E-state index in [2.05, 4.69) is 46.4 Å². The fraction of sp³-hybridized carbons (Fsp3) is 1.00. The molecule has 0 aliphatic carbocycles. The molecule has 90 valence electrons. The number of nitrogens with zero attached hydrogens (tertiary/aromatic N) is 1. The maximum atomic E-state index is 5.79. The van der Waals surface area contributed by atoms with Crippen molar-refractivity contribution in [2.75, 3.05) is 19.8 Å². The molecule has 0 amide bonds. The standard InChI is InChI=1S/C12H25NO2/c1-11(2,3)13(12(4,5)6)10-9-14-7-8-15-10/h10H,7-9H2,1-6H3. The van der Waals surface area contributed by atoms with Crippen LogP contribution in [0.2, 0.25) is 0 Å². The fourth-order valence-electron chi connectivity index (χ4n) is 2.49. The summed E-state index contributed by atoms with van der Waals surface area (Å²) in [5.41, 5.74) is 0.174. The predicted molar refractivity (Wildman–Crippen MR) is 61.9 cm³/mol. The van der Waals surface area contributed by atoms with Crippen LogP contribution < -0.4 is 0 Å². The van der Waals surface area contributed by atoms with Crippen molar-refractivity contribution in [3.8, 4) is 0 Å². The normalized spacial score (nSPS) is 24.6. The van der Waals surface area contributed by atoms with Gasteiger partial charge in [-0.2, -0.15) is 0 Å². The highest BCUT2D eigenvalue weighted by molar-refractivity contribution is 4.89. The Kier molecular flexibility index (Phi) is 3.80. The van der Waals surface area contributed by atoms with E-state index < -0.39 is 0 Å². The van der Waals surface area contributed by atoms with Gasteiger partial charge in [0, 0.05) is 11.1 Å². The summed E-state index contributed by atoms with van der Waals surface area (Å²) in [6, 6.07) is 0. The van der Waals surface area contributed by atoms with Gasteiger partial charge in [0.15, 0.2) is 0 Å². The quantitative estimate of drug-likeness (QED) is 0.669. The molecule has 1 aliphatic heterocycles. The molecule has 1 atom stereocenters. The van der Waals surface area contributed by atoms with Crippen molar-refractivity contribution in [1.82, 2.24) is 4.90 Å². The summed E-state index contributed by atoms with van der Waals surface area (Å²) in [4.78, 5) is 2.39. The second-order valence-corrected chi connectivity index (χ2v) is 6.11. The zero-order valence-electron chi connectivity index (χ0n) is 11.0. The molecular weight excluding hydrogens is 190 g/mol. The molecule has 0 aromatic rings. The van der Waals surface area contributed by atoms with Gasteiger partial charge in [-0.05, 0) is 41.5 Å². The molecule has 0 radical (unpaired) electrons. The first-order chi connectivity index (χ1) is 6.73. The van der Waals surface area contributed by atoms with E-state index in [4.69, 9.17) is 9.47 Å². The van der Waals surface area contributed by atoms with Crippen molar-refractivity contribution < 1.29 is 9.47 Å². The molecule has 1 saturated heterocycles. The Labute approximate surface area is 93.7 Å². The lowest BCUT2D eigenvalue weighted by Gasteiger charge is -2.50. The van der Waals surface area contributed by atoms with E-state index in [-0.39, 0.29) is 17.3 Å². The van der Waals surface area contributed by atoms with Gasteiger partial charge in [-0.1, -0.05) is 0 Å². The van der Waals surface area contributed by atoms with E-state index in [0.717, 1.165) is 6.61 Å². The average molecular weight is 215 g/mol. The Morgan fingerprint density at radius 3 is 1.80 bits per heavy atom. The van der Waals surface area contributed by atoms with Crippen molar-refractivity contribution in [1.29, 1.82) is 0 Å². The fourth-order valence-corrected chi connectivity index (χ4v) is 2.49. The molecule has 0 bridgehead atoms. The highest BCUT2D eigenvalue weighted by Crippen LogP contribution is 2.29. The van der Waals surface area contributed by atoms with Gasteiger partial charge < -0.3 is 9.47 Å². The van der Waals surface area contributed by atoms with Crippen LogP contribution in [0, 0.1) is 0 Å². The van der Waals surface area contributed by atoms with Crippen LogP contribution in [0.25, 0.3) is 0 Å². The zero-order chi connectivity index (χ0) is 11.7. The van der Waals surface area contributed by atoms with E-state index in [1.54, 1.807) is 0 Å². The Bertz CT molecular complexity index is 183. The Morgan fingerprint density at radius 1 is 0.933 bits per heavy atom. The van der Waals surface area contributed by atoms with Crippen LogP contribution in [0.3, 0.4) is 0 Å². The lowest BCUT2D eigenvalue weighted by molar-refractivity contribution is -0.199. The zero-order valence-corrected chi connectivity index (χ0v) is 11.0. The number of rotatable bonds is 1. The van der Waals surface area contributed by atoms with Gasteiger partial charge in [-0.25, -0.2) is 0 Å². The van der Waals surface area contributed by atoms with Gasteiger partial charge in [-0.15, -0.1) is 0 Å². The van der Waals surface area contributed by atoms with Crippen LogP contribution in [0.15, 0.2) is 0 Å². The lowest BCUT2D eigenvalue weighted by Crippen LogP contribution is -2.60. The van der Waals surface area contributed by atoms with Gasteiger partial charge in [0.05, 0.1) is 19.8 Å². The summed E-state index contributed by atoms with van der Waals surface area (Å²) in [6.07, 6.45) is 0.0822.